The van der Waals surface area contributed by atoms with Crippen LogP contribution in [0, 0.1) is 23.7 Å². The van der Waals surface area contributed by atoms with Gasteiger partial charge in [0.25, 0.3) is 0 Å². The first-order valence-corrected chi connectivity index (χ1v) is 10.5. The van der Waals surface area contributed by atoms with Gasteiger partial charge in [-0.25, -0.2) is 0 Å². The number of epoxide rings is 1. The molecule has 3 rings (SSSR count). The lowest BCUT2D eigenvalue weighted by Gasteiger charge is -2.51. The number of ether oxygens (including phenoxy) is 2. The summed E-state index contributed by atoms with van der Waals surface area (Å²) in [5.41, 5.74) is 1.10. The highest BCUT2D eigenvalue weighted by Gasteiger charge is 2.70. The Hall–Kier alpha value is -1.23. The Labute approximate surface area is 169 Å². The van der Waals surface area contributed by atoms with Crippen LogP contribution in [0.3, 0.4) is 0 Å². The molecule has 0 aromatic rings. The van der Waals surface area contributed by atoms with Gasteiger partial charge in [-0.15, -0.1) is 0 Å². The molecule has 3 fully saturated rings. The molecule has 0 unspecified atom stereocenters. The maximum absolute atomic E-state index is 11.6. The van der Waals surface area contributed by atoms with E-state index in [2.05, 4.69) is 32.9 Å². The van der Waals surface area contributed by atoms with E-state index in [1.165, 1.54) is 5.57 Å². The molecule has 2 saturated carbocycles. The maximum Gasteiger partial charge on any atom is 0.155 e. The molecule has 0 aromatic heterocycles. The van der Waals surface area contributed by atoms with Crippen LogP contribution in [0.25, 0.3) is 0 Å². The quantitative estimate of drug-likeness (QED) is 0.331. The van der Waals surface area contributed by atoms with E-state index in [-0.39, 0.29) is 29.5 Å². The van der Waals surface area contributed by atoms with Crippen molar-refractivity contribution < 1.29 is 19.4 Å². The van der Waals surface area contributed by atoms with Crippen molar-refractivity contribution >= 4 is 5.78 Å². The Morgan fingerprint density at radius 3 is 2.46 bits per heavy atom. The molecule has 1 aliphatic heterocycles. The van der Waals surface area contributed by atoms with E-state index in [1.54, 1.807) is 14.0 Å². The van der Waals surface area contributed by atoms with E-state index in [0.29, 0.717) is 24.2 Å². The zero-order valence-electron chi connectivity index (χ0n) is 18.4. The summed E-state index contributed by atoms with van der Waals surface area (Å²) in [4.78, 5) is 11.6. The summed E-state index contributed by atoms with van der Waals surface area (Å²) in [6.07, 6.45) is 9.95. The number of rotatable bonds is 5. The van der Waals surface area contributed by atoms with Crippen LogP contribution in [-0.2, 0) is 14.3 Å². The second-order valence-corrected chi connectivity index (χ2v) is 9.45. The smallest absolute Gasteiger partial charge is 0.155 e. The minimum atomic E-state index is -0.829. The van der Waals surface area contributed by atoms with Gasteiger partial charge in [-0.3, -0.25) is 4.79 Å². The number of aliphatic hydroxyl groups is 1. The predicted octanol–water partition coefficient (Wildman–Crippen LogP) is 4.24. The summed E-state index contributed by atoms with van der Waals surface area (Å²) in [6, 6.07) is 0. The minimum Gasteiger partial charge on any atom is -0.387 e. The van der Waals surface area contributed by atoms with Gasteiger partial charge >= 0.3 is 0 Å². The topological polar surface area (TPSA) is 59.1 Å². The van der Waals surface area contributed by atoms with Crippen molar-refractivity contribution in [2.24, 2.45) is 23.7 Å². The number of allylic oxidation sites excluding steroid dienone is 5. The van der Waals surface area contributed by atoms with Crippen LogP contribution < -0.4 is 0 Å². The summed E-state index contributed by atoms with van der Waals surface area (Å²) < 4.78 is 12.0. The van der Waals surface area contributed by atoms with Crippen LogP contribution in [0.2, 0.25) is 0 Å². The Morgan fingerprint density at radius 2 is 1.89 bits per heavy atom. The van der Waals surface area contributed by atoms with E-state index >= 15 is 0 Å². The summed E-state index contributed by atoms with van der Waals surface area (Å²) >= 11 is 0. The molecule has 28 heavy (non-hydrogen) atoms. The van der Waals surface area contributed by atoms with Gasteiger partial charge in [0.15, 0.2) is 5.78 Å². The van der Waals surface area contributed by atoms with Crippen molar-refractivity contribution in [1.29, 1.82) is 0 Å². The monoisotopic (exact) mass is 388 g/mol. The number of methoxy groups -OCH3 is 1. The minimum absolute atomic E-state index is 0.0954. The average Bonchev–Trinajstić information content (AvgIpc) is 3.32. The molecule has 0 spiro atoms. The molecule has 1 heterocycles. The van der Waals surface area contributed by atoms with Crippen molar-refractivity contribution in [1.82, 2.24) is 0 Å². The van der Waals surface area contributed by atoms with Crippen LogP contribution in [0.5, 0.6) is 0 Å². The van der Waals surface area contributed by atoms with Crippen molar-refractivity contribution in [3.05, 3.63) is 35.5 Å². The third-order valence-corrected chi connectivity index (χ3v) is 7.62. The largest absolute Gasteiger partial charge is 0.387 e. The van der Waals surface area contributed by atoms with Gasteiger partial charge in [-0.05, 0) is 77.7 Å². The van der Waals surface area contributed by atoms with E-state index < -0.39 is 5.60 Å². The molecule has 4 nitrogen and oxygen atoms in total. The van der Waals surface area contributed by atoms with Gasteiger partial charge in [0.2, 0.25) is 0 Å². The summed E-state index contributed by atoms with van der Waals surface area (Å²) in [6.45, 7) is 11.8. The SMILES string of the molecule is C/C=C(\C)[C@H]1[C@@H](/C=C/C=C(\C)C(C)=O)[C@@H]2C[C@@H](OC)[C@](C)(O)C[C@H]2[C@@H]2O[C@@]21C. The van der Waals surface area contributed by atoms with Crippen molar-refractivity contribution in [2.45, 2.75) is 77.8 Å². The third kappa shape index (κ3) is 3.55. The number of carbonyl (C=O) groups excluding carboxylic acids is 1. The second kappa shape index (κ2) is 7.55. The van der Waals surface area contributed by atoms with Gasteiger partial charge in [0.1, 0.15) is 0 Å². The molecule has 0 aromatic carbocycles. The van der Waals surface area contributed by atoms with Crippen LogP contribution in [0.1, 0.15) is 54.4 Å². The highest BCUT2D eigenvalue weighted by molar-refractivity contribution is 5.92. The number of carbonyl (C=O) groups is 1. The molecule has 8 atom stereocenters. The summed E-state index contributed by atoms with van der Waals surface area (Å²) in [5, 5.41) is 11.0. The lowest BCUT2D eigenvalue weighted by molar-refractivity contribution is -0.145. The normalized spacial score (nSPS) is 46.3. The van der Waals surface area contributed by atoms with Crippen LogP contribution in [0.15, 0.2) is 35.5 Å². The number of fused-ring (bicyclic) bond motifs is 3. The Kier molecular flexibility index (Phi) is 5.79. The van der Waals surface area contributed by atoms with Gasteiger partial charge in [0, 0.05) is 13.0 Å². The van der Waals surface area contributed by atoms with Crippen LogP contribution in [0.4, 0.5) is 0 Å². The van der Waals surface area contributed by atoms with Crippen LogP contribution in [-0.4, -0.2) is 41.4 Å². The van der Waals surface area contributed by atoms with Crippen molar-refractivity contribution in [2.75, 3.05) is 7.11 Å². The second-order valence-electron chi connectivity index (χ2n) is 9.45. The van der Waals surface area contributed by atoms with E-state index in [1.807, 2.05) is 26.0 Å². The molecule has 0 amide bonds. The van der Waals surface area contributed by atoms with Gasteiger partial charge in [-0.1, -0.05) is 29.9 Å². The Morgan fingerprint density at radius 1 is 1.21 bits per heavy atom. The lowest BCUT2D eigenvalue weighted by atomic mass is 9.54. The van der Waals surface area contributed by atoms with Crippen molar-refractivity contribution in [3.8, 4) is 0 Å². The molecule has 0 radical (unpaired) electrons. The molecule has 2 aliphatic carbocycles. The number of hydrogen-bond acceptors (Lipinski definition) is 4. The highest BCUT2D eigenvalue weighted by Crippen LogP contribution is 2.64. The molecule has 1 saturated heterocycles. The summed E-state index contributed by atoms with van der Waals surface area (Å²) in [7, 11) is 1.69. The standard InChI is InChI=1S/C24H36O4/c1-8-14(2)21-17(11-9-10-15(3)16(4)25)18-12-20(27-7)23(5,26)13-19(18)22-24(21,6)28-22/h8-11,17-22,26H,12-13H2,1-7H3/b11-9+,14-8+,15-10+/t17-,18-,19+,20+,21-,22-,23+,24+/m0/s1. The van der Waals surface area contributed by atoms with Gasteiger partial charge in [-0.2, -0.15) is 0 Å². The Balaban J connectivity index is 1.99. The first-order valence-electron chi connectivity index (χ1n) is 10.5. The van der Waals surface area contributed by atoms with Gasteiger partial charge < -0.3 is 14.6 Å². The molecule has 0 bridgehead atoms. The molecule has 1 N–H and O–H groups in total. The zero-order chi connectivity index (χ0) is 20.9. The fourth-order valence-electron chi connectivity index (χ4n) is 5.83. The average molecular weight is 389 g/mol. The third-order valence-electron chi connectivity index (χ3n) is 7.62. The zero-order valence-corrected chi connectivity index (χ0v) is 18.4. The molecule has 3 aliphatic rings. The highest BCUT2D eigenvalue weighted by atomic mass is 16.6. The van der Waals surface area contributed by atoms with Crippen LogP contribution >= 0.6 is 0 Å². The fraction of sp³-hybridized carbons (Fsp3) is 0.708. The first-order chi connectivity index (χ1) is 13.1. The molecule has 156 valence electrons. The first kappa shape index (κ1) is 21.5. The summed E-state index contributed by atoms with van der Waals surface area (Å²) in [5.74, 6) is 1.38. The van der Waals surface area contributed by atoms with Gasteiger partial charge in [0.05, 0.1) is 23.4 Å². The predicted molar refractivity (Wildman–Crippen MR) is 111 cm³/mol. The van der Waals surface area contributed by atoms with E-state index in [9.17, 15) is 9.90 Å². The van der Waals surface area contributed by atoms with Crippen molar-refractivity contribution in [3.63, 3.8) is 0 Å². The molecule has 4 heteroatoms. The fourth-order valence-corrected chi connectivity index (χ4v) is 5.83. The number of ketones is 1. The number of Topliss-reactive ketones (excluding diaryl/α,β-unsaturated/α-hetero) is 1. The maximum atomic E-state index is 11.6. The molecular weight excluding hydrogens is 352 g/mol. The lowest BCUT2D eigenvalue weighted by Crippen LogP contribution is -2.56. The van der Waals surface area contributed by atoms with E-state index in [4.69, 9.17) is 9.47 Å². The van der Waals surface area contributed by atoms with E-state index in [0.717, 1.165) is 12.0 Å². The number of hydrogen-bond donors (Lipinski definition) is 1. The Bertz CT molecular complexity index is 716. The molecular formula is C24H36O4.